The Labute approximate surface area is 215 Å². The predicted octanol–water partition coefficient (Wildman–Crippen LogP) is 7.23. The van der Waals surface area contributed by atoms with Crippen LogP contribution >= 0.6 is 0 Å². The summed E-state index contributed by atoms with van der Waals surface area (Å²) < 4.78 is 11.4. The van der Waals surface area contributed by atoms with Gasteiger partial charge in [-0.3, -0.25) is 0 Å². The van der Waals surface area contributed by atoms with Gasteiger partial charge in [0.15, 0.2) is 24.5 Å². The van der Waals surface area contributed by atoms with Crippen molar-refractivity contribution in [2.24, 2.45) is 0 Å². The summed E-state index contributed by atoms with van der Waals surface area (Å²) in [5, 5.41) is 2.34. The van der Waals surface area contributed by atoms with E-state index in [0.717, 1.165) is 11.2 Å². The highest BCUT2D eigenvalue weighted by molar-refractivity contribution is 6.10. The summed E-state index contributed by atoms with van der Waals surface area (Å²) in [4.78, 5) is 0. The van der Waals surface area contributed by atoms with E-state index in [2.05, 4.69) is 126 Å². The summed E-state index contributed by atoms with van der Waals surface area (Å²) in [5.74, 6) is 0.170. The van der Waals surface area contributed by atoms with Crippen molar-refractivity contribution in [2.45, 2.75) is 24.9 Å². The van der Waals surface area contributed by atoms with Crippen molar-refractivity contribution >= 4 is 21.9 Å². The van der Waals surface area contributed by atoms with Crippen molar-refractivity contribution in [2.75, 3.05) is 0 Å². The maximum atomic E-state index is 6.57. The maximum absolute atomic E-state index is 6.57. The topological polar surface area (TPSA) is 20.9 Å². The normalized spacial score (nSPS) is 19.3. The lowest BCUT2D eigenvalue weighted by molar-refractivity contribution is -0.739. The van der Waals surface area contributed by atoms with Gasteiger partial charge in [0, 0.05) is 40.6 Å². The number of furan rings is 1. The Balaban J connectivity index is 1.46. The van der Waals surface area contributed by atoms with Gasteiger partial charge in [-0.05, 0) is 48.4 Å². The van der Waals surface area contributed by atoms with Gasteiger partial charge in [-0.1, -0.05) is 49.0 Å². The minimum absolute atomic E-state index is 0.105. The summed E-state index contributed by atoms with van der Waals surface area (Å²) in [5.41, 5.74) is 10.8. The number of allylic oxidation sites excluding steroid dienone is 1. The fourth-order valence-electron chi connectivity index (χ4n) is 6.83. The first-order valence-electron chi connectivity index (χ1n) is 12.9. The van der Waals surface area contributed by atoms with Gasteiger partial charge < -0.3 is 4.42 Å². The number of fused-ring (bicyclic) bond motifs is 10. The molecule has 2 aliphatic heterocycles. The number of nitrogens with zero attached hydrogens (tertiary/aromatic N) is 2. The first-order chi connectivity index (χ1) is 18.2. The molecule has 0 amide bonds. The largest absolute Gasteiger partial charge is 0.455 e. The monoisotopic (exact) mass is 478 g/mol. The molecule has 0 bridgehead atoms. The lowest BCUT2D eigenvalue weighted by Crippen LogP contribution is -2.52. The summed E-state index contributed by atoms with van der Waals surface area (Å²) >= 11 is 0. The third-order valence-corrected chi connectivity index (χ3v) is 8.35. The van der Waals surface area contributed by atoms with E-state index in [1.54, 1.807) is 0 Å². The number of para-hydroxylation sites is 1. The van der Waals surface area contributed by atoms with Gasteiger partial charge in [0.1, 0.15) is 17.1 Å². The van der Waals surface area contributed by atoms with Crippen LogP contribution in [0.5, 0.6) is 0 Å². The first kappa shape index (κ1) is 20.7. The number of aryl methyl sites for hydroxylation is 1. The van der Waals surface area contributed by atoms with Crippen LogP contribution in [0, 0.1) is 6.92 Å². The van der Waals surface area contributed by atoms with Crippen LogP contribution in [-0.2, 0) is 0 Å². The van der Waals surface area contributed by atoms with Crippen LogP contribution in [0.25, 0.3) is 44.5 Å². The molecular formula is C34H26N2O+2. The zero-order valence-corrected chi connectivity index (χ0v) is 20.6. The SMILES string of the molecule is C=CC1C(C2c3ccc4c(oc5ccccc54)c3-c3cc(C)cc[n+]32)c2ccccc2-c2cccc[n+]21. The highest BCUT2D eigenvalue weighted by Crippen LogP contribution is 2.51. The zero-order valence-electron chi connectivity index (χ0n) is 20.6. The molecule has 0 fully saturated rings. The average molecular weight is 479 g/mol. The Bertz CT molecular complexity index is 1900. The molecular weight excluding hydrogens is 452 g/mol. The number of rotatable bonds is 2. The number of pyridine rings is 2. The van der Waals surface area contributed by atoms with Crippen LogP contribution in [0.3, 0.4) is 0 Å². The molecule has 0 radical (unpaired) electrons. The van der Waals surface area contributed by atoms with E-state index in [0.29, 0.717) is 0 Å². The molecule has 3 heteroatoms. The van der Waals surface area contributed by atoms with Crippen molar-refractivity contribution in [3.63, 3.8) is 0 Å². The zero-order chi connectivity index (χ0) is 24.7. The molecule has 6 aromatic rings. The van der Waals surface area contributed by atoms with Crippen molar-refractivity contribution in [1.82, 2.24) is 0 Å². The van der Waals surface area contributed by atoms with Gasteiger partial charge in [-0.2, -0.15) is 9.13 Å². The summed E-state index contributed by atoms with van der Waals surface area (Å²) in [7, 11) is 0. The lowest BCUT2D eigenvalue weighted by atomic mass is 9.76. The van der Waals surface area contributed by atoms with E-state index in [4.69, 9.17) is 4.42 Å². The van der Waals surface area contributed by atoms with Crippen molar-refractivity contribution in [3.8, 4) is 22.5 Å². The van der Waals surface area contributed by atoms with E-state index in [1.807, 2.05) is 6.07 Å². The first-order valence-corrected chi connectivity index (χ1v) is 12.9. The van der Waals surface area contributed by atoms with E-state index in [1.165, 1.54) is 50.0 Å². The van der Waals surface area contributed by atoms with E-state index in [-0.39, 0.29) is 18.0 Å². The van der Waals surface area contributed by atoms with E-state index < -0.39 is 0 Å². The number of hydrogen-bond acceptors (Lipinski definition) is 1. The minimum atomic E-state index is 0.105. The van der Waals surface area contributed by atoms with Crippen LogP contribution in [0.4, 0.5) is 0 Å². The Kier molecular flexibility index (Phi) is 4.19. The van der Waals surface area contributed by atoms with Crippen molar-refractivity contribution in [1.29, 1.82) is 0 Å². The molecule has 2 aliphatic rings. The number of hydrogen-bond donors (Lipinski definition) is 0. The van der Waals surface area contributed by atoms with E-state index >= 15 is 0 Å². The molecule has 3 unspecified atom stereocenters. The molecule has 0 saturated carbocycles. The molecule has 3 atom stereocenters. The highest BCUT2D eigenvalue weighted by atomic mass is 16.3. The third kappa shape index (κ3) is 2.71. The van der Waals surface area contributed by atoms with Crippen LogP contribution in [0.2, 0.25) is 0 Å². The second-order valence-electron chi connectivity index (χ2n) is 10.3. The molecule has 0 spiro atoms. The number of benzene rings is 3. The molecule has 3 aromatic carbocycles. The predicted molar refractivity (Wildman–Crippen MR) is 146 cm³/mol. The Morgan fingerprint density at radius 2 is 1.59 bits per heavy atom. The van der Waals surface area contributed by atoms with Crippen LogP contribution < -0.4 is 9.13 Å². The smallest absolute Gasteiger partial charge is 0.217 e. The standard InChI is InChI=1S/C34H26N2O/c1-3-27-31(24-12-5-4-10-22(24)28-13-8-9-18-35(27)28)33-26-16-15-25-23-11-6-7-14-30(23)37-34(25)32(26)29-20-21(2)17-19-36(29)33/h3-20,27,31,33H,1H2,2H3/q+2. The Morgan fingerprint density at radius 1 is 0.757 bits per heavy atom. The van der Waals surface area contributed by atoms with Crippen LogP contribution in [-0.4, -0.2) is 0 Å². The summed E-state index contributed by atoms with van der Waals surface area (Å²) in [6.07, 6.45) is 6.58. The van der Waals surface area contributed by atoms with Crippen molar-refractivity contribution in [3.05, 3.63) is 133 Å². The third-order valence-electron chi connectivity index (χ3n) is 8.35. The molecule has 8 rings (SSSR count). The minimum Gasteiger partial charge on any atom is -0.455 e. The Hall–Kier alpha value is -4.50. The molecule has 3 aromatic heterocycles. The molecule has 0 saturated heterocycles. The maximum Gasteiger partial charge on any atom is 0.217 e. The van der Waals surface area contributed by atoms with Crippen LogP contribution in [0.15, 0.2) is 120 Å². The lowest BCUT2D eigenvalue weighted by Gasteiger charge is -2.30. The molecule has 0 N–H and O–H groups in total. The Morgan fingerprint density at radius 3 is 2.51 bits per heavy atom. The highest BCUT2D eigenvalue weighted by Gasteiger charge is 2.52. The second kappa shape index (κ2) is 7.50. The van der Waals surface area contributed by atoms with Crippen molar-refractivity contribution < 1.29 is 13.6 Å². The molecule has 3 nitrogen and oxygen atoms in total. The summed E-state index contributed by atoms with van der Waals surface area (Å²) in [6, 6.07) is 33.0. The van der Waals surface area contributed by atoms with Gasteiger partial charge >= 0.3 is 0 Å². The van der Waals surface area contributed by atoms with Gasteiger partial charge in [0.05, 0.1) is 11.1 Å². The van der Waals surface area contributed by atoms with Gasteiger partial charge in [0.25, 0.3) is 0 Å². The second-order valence-corrected chi connectivity index (χ2v) is 10.3. The van der Waals surface area contributed by atoms with Gasteiger partial charge in [-0.25, -0.2) is 0 Å². The molecule has 5 heterocycles. The van der Waals surface area contributed by atoms with Gasteiger partial charge in [-0.15, -0.1) is 0 Å². The number of aromatic nitrogens is 2. The molecule has 37 heavy (non-hydrogen) atoms. The fourth-order valence-corrected chi connectivity index (χ4v) is 6.83. The molecule has 0 aliphatic carbocycles. The summed E-state index contributed by atoms with van der Waals surface area (Å²) in [6.45, 7) is 6.50. The molecule has 176 valence electrons. The van der Waals surface area contributed by atoms with Crippen LogP contribution in [0.1, 0.15) is 34.7 Å². The fraction of sp³-hybridized carbons (Fsp3) is 0.118. The quantitative estimate of drug-likeness (QED) is 0.190. The van der Waals surface area contributed by atoms with Gasteiger partial charge in [0.2, 0.25) is 11.4 Å². The van der Waals surface area contributed by atoms with E-state index in [9.17, 15) is 0 Å². The average Bonchev–Trinajstić information content (AvgIpc) is 3.47.